The lowest BCUT2D eigenvalue weighted by Gasteiger charge is -2.40. The van der Waals surface area contributed by atoms with E-state index in [9.17, 15) is 9.59 Å². The minimum atomic E-state index is -0.581. The van der Waals surface area contributed by atoms with Crippen LogP contribution in [0.5, 0.6) is 0 Å². The Morgan fingerprint density at radius 2 is 1.80 bits per heavy atom. The SMILES string of the molecule is CC(=O)C(C#N)C1(C)CCN(OC(=O)C(C)(C)C)CC1. The maximum absolute atomic E-state index is 11.8. The summed E-state index contributed by atoms with van der Waals surface area (Å²) in [5, 5.41) is 10.8. The molecule has 20 heavy (non-hydrogen) atoms. The van der Waals surface area contributed by atoms with E-state index in [1.165, 1.54) is 6.92 Å². The van der Waals surface area contributed by atoms with E-state index in [2.05, 4.69) is 6.07 Å². The van der Waals surface area contributed by atoms with Crippen LogP contribution < -0.4 is 0 Å². The first-order valence-corrected chi connectivity index (χ1v) is 6.97. The first kappa shape index (κ1) is 16.6. The number of carbonyl (C=O) groups excluding carboxylic acids is 2. The van der Waals surface area contributed by atoms with Gasteiger partial charge in [0.1, 0.15) is 11.7 Å². The molecule has 1 heterocycles. The fourth-order valence-corrected chi connectivity index (χ4v) is 2.37. The molecule has 0 aromatic rings. The molecule has 0 aromatic heterocycles. The number of carbonyl (C=O) groups is 2. The zero-order valence-corrected chi connectivity index (χ0v) is 13.0. The molecule has 5 nitrogen and oxygen atoms in total. The fraction of sp³-hybridized carbons (Fsp3) is 0.800. The first-order chi connectivity index (χ1) is 9.10. The summed E-state index contributed by atoms with van der Waals surface area (Å²) in [5.74, 6) is -0.928. The van der Waals surface area contributed by atoms with Crippen molar-refractivity contribution in [1.82, 2.24) is 5.06 Å². The number of hydroxylamine groups is 2. The number of nitriles is 1. The molecule has 0 radical (unpaired) electrons. The van der Waals surface area contributed by atoms with E-state index in [1.807, 2.05) is 27.7 Å². The monoisotopic (exact) mass is 280 g/mol. The third-order valence-electron chi connectivity index (χ3n) is 3.92. The molecule has 1 unspecified atom stereocenters. The van der Waals surface area contributed by atoms with Crippen LogP contribution in [0.4, 0.5) is 0 Å². The normalized spacial score (nSPS) is 20.8. The molecule has 0 spiro atoms. The molecule has 5 heteroatoms. The molecule has 0 aliphatic carbocycles. The van der Waals surface area contributed by atoms with Crippen molar-refractivity contribution in [3.63, 3.8) is 0 Å². The van der Waals surface area contributed by atoms with Crippen LogP contribution in [0.25, 0.3) is 0 Å². The summed E-state index contributed by atoms with van der Waals surface area (Å²) >= 11 is 0. The number of hydrogen-bond donors (Lipinski definition) is 0. The van der Waals surface area contributed by atoms with Crippen molar-refractivity contribution in [2.75, 3.05) is 13.1 Å². The van der Waals surface area contributed by atoms with Gasteiger partial charge in [-0.25, -0.2) is 4.79 Å². The Balaban J connectivity index is 2.62. The first-order valence-electron chi connectivity index (χ1n) is 6.97. The second-order valence-corrected chi connectivity index (χ2v) is 6.88. The number of Topliss-reactive ketones (excluding diaryl/α,β-unsaturated/α-hetero) is 1. The molecule has 1 saturated heterocycles. The molecule has 1 rings (SSSR count). The van der Waals surface area contributed by atoms with Gasteiger partial charge in [0, 0.05) is 13.1 Å². The van der Waals surface area contributed by atoms with E-state index in [0.717, 1.165) is 0 Å². The third-order valence-corrected chi connectivity index (χ3v) is 3.92. The van der Waals surface area contributed by atoms with E-state index in [4.69, 9.17) is 10.1 Å². The maximum Gasteiger partial charge on any atom is 0.330 e. The van der Waals surface area contributed by atoms with Gasteiger partial charge in [0.05, 0.1) is 11.5 Å². The lowest BCUT2D eigenvalue weighted by atomic mass is 9.69. The Labute approximate surface area is 120 Å². The van der Waals surface area contributed by atoms with Gasteiger partial charge in [-0.2, -0.15) is 5.26 Å². The molecule has 1 fully saturated rings. The topological polar surface area (TPSA) is 70.4 Å². The second kappa shape index (κ2) is 5.92. The second-order valence-electron chi connectivity index (χ2n) is 6.88. The van der Waals surface area contributed by atoms with Crippen molar-refractivity contribution < 1.29 is 14.4 Å². The van der Waals surface area contributed by atoms with E-state index in [1.54, 1.807) is 5.06 Å². The number of hydrogen-bond acceptors (Lipinski definition) is 5. The molecule has 0 saturated carbocycles. The highest BCUT2D eigenvalue weighted by Gasteiger charge is 2.41. The molecule has 112 valence electrons. The van der Waals surface area contributed by atoms with E-state index in [-0.39, 0.29) is 17.2 Å². The van der Waals surface area contributed by atoms with Crippen molar-refractivity contribution >= 4 is 11.8 Å². The molecule has 0 amide bonds. The Bertz CT molecular complexity index is 423. The summed E-state index contributed by atoms with van der Waals surface area (Å²) in [4.78, 5) is 28.7. The van der Waals surface area contributed by atoms with Crippen molar-refractivity contribution in [2.24, 2.45) is 16.7 Å². The van der Waals surface area contributed by atoms with Crippen LogP contribution in [0.2, 0.25) is 0 Å². The van der Waals surface area contributed by atoms with Crippen LogP contribution in [-0.2, 0) is 14.4 Å². The Morgan fingerprint density at radius 3 is 2.15 bits per heavy atom. The molecule has 1 atom stereocenters. The van der Waals surface area contributed by atoms with Crippen LogP contribution in [0.15, 0.2) is 0 Å². The maximum atomic E-state index is 11.8. The summed E-state index contributed by atoms with van der Waals surface area (Å²) < 4.78 is 0. The highest BCUT2D eigenvalue weighted by molar-refractivity contribution is 5.81. The van der Waals surface area contributed by atoms with Gasteiger partial charge >= 0.3 is 5.97 Å². The summed E-state index contributed by atoms with van der Waals surface area (Å²) in [6.45, 7) is 9.98. The lowest BCUT2D eigenvalue weighted by Crippen LogP contribution is -2.45. The summed E-state index contributed by atoms with van der Waals surface area (Å²) in [7, 11) is 0. The van der Waals surface area contributed by atoms with Crippen molar-refractivity contribution in [3.8, 4) is 6.07 Å². The smallest absolute Gasteiger partial charge is 0.330 e. The van der Waals surface area contributed by atoms with Gasteiger partial charge in [-0.05, 0) is 46.0 Å². The van der Waals surface area contributed by atoms with Gasteiger partial charge in [0.25, 0.3) is 0 Å². The third kappa shape index (κ3) is 3.80. The Kier molecular flexibility index (Phi) is 4.93. The van der Waals surface area contributed by atoms with Gasteiger partial charge in [-0.1, -0.05) is 6.92 Å². The average molecular weight is 280 g/mol. The number of rotatable bonds is 3. The zero-order chi connectivity index (χ0) is 15.6. The molecule has 0 bridgehead atoms. The van der Waals surface area contributed by atoms with Gasteiger partial charge in [0.15, 0.2) is 0 Å². The van der Waals surface area contributed by atoms with Crippen LogP contribution >= 0.6 is 0 Å². The standard InChI is InChI=1S/C15H24N2O3/c1-11(18)12(10-16)15(5)6-8-17(9-7-15)20-13(19)14(2,3)4/h12H,6-9H2,1-5H3. The highest BCUT2D eigenvalue weighted by Crippen LogP contribution is 2.39. The highest BCUT2D eigenvalue weighted by atomic mass is 16.7. The Morgan fingerprint density at radius 1 is 1.30 bits per heavy atom. The van der Waals surface area contributed by atoms with Gasteiger partial charge in [-0.3, -0.25) is 4.79 Å². The molecule has 0 N–H and O–H groups in total. The number of ketones is 1. The quantitative estimate of drug-likeness (QED) is 0.793. The van der Waals surface area contributed by atoms with Crippen molar-refractivity contribution in [2.45, 2.75) is 47.5 Å². The minimum absolute atomic E-state index is 0.0878. The number of nitrogens with zero attached hydrogens (tertiary/aromatic N) is 2. The molecule has 0 aromatic carbocycles. The summed E-state index contributed by atoms with van der Waals surface area (Å²) in [6.07, 6.45) is 1.34. The predicted octanol–water partition coefficient (Wildman–Crippen LogP) is 2.32. The van der Waals surface area contributed by atoms with Crippen LogP contribution in [0.1, 0.15) is 47.5 Å². The zero-order valence-electron chi connectivity index (χ0n) is 13.0. The van der Waals surface area contributed by atoms with Crippen molar-refractivity contribution in [1.29, 1.82) is 5.26 Å². The van der Waals surface area contributed by atoms with E-state index in [0.29, 0.717) is 25.9 Å². The summed E-state index contributed by atoms with van der Waals surface area (Å²) in [6, 6.07) is 2.12. The van der Waals surface area contributed by atoms with E-state index < -0.39 is 11.3 Å². The Hall–Kier alpha value is -1.41. The van der Waals surface area contributed by atoms with E-state index >= 15 is 0 Å². The average Bonchev–Trinajstić information content (AvgIpc) is 2.31. The van der Waals surface area contributed by atoms with Crippen LogP contribution in [-0.4, -0.2) is 29.9 Å². The fourth-order valence-electron chi connectivity index (χ4n) is 2.37. The van der Waals surface area contributed by atoms with Gasteiger partial charge in [-0.15, -0.1) is 5.06 Å². The molecular weight excluding hydrogens is 256 g/mol. The molecular formula is C15H24N2O3. The summed E-state index contributed by atoms with van der Waals surface area (Å²) in [5.41, 5.74) is -0.861. The largest absolute Gasteiger partial charge is 0.367 e. The van der Waals surface area contributed by atoms with Gasteiger partial charge in [0.2, 0.25) is 0 Å². The van der Waals surface area contributed by atoms with Crippen LogP contribution in [0.3, 0.4) is 0 Å². The predicted molar refractivity (Wildman–Crippen MR) is 74.2 cm³/mol. The number of piperidine rings is 1. The van der Waals surface area contributed by atoms with Gasteiger partial charge < -0.3 is 4.84 Å². The molecule has 1 aliphatic heterocycles. The minimum Gasteiger partial charge on any atom is -0.367 e. The van der Waals surface area contributed by atoms with Crippen LogP contribution in [0, 0.1) is 28.1 Å². The van der Waals surface area contributed by atoms with Crippen molar-refractivity contribution in [3.05, 3.63) is 0 Å². The molecule has 1 aliphatic rings. The lowest BCUT2D eigenvalue weighted by molar-refractivity contribution is -0.210.